The predicted octanol–water partition coefficient (Wildman–Crippen LogP) is 2.84. The highest BCUT2D eigenvalue weighted by atomic mass is 16.5. The van der Waals surface area contributed by atoms with Crippen LogP contribution in [0.5, 0.6) is 0 Å². The molecular weight excluding hydrogens is 268 g/mol. The first-order chi connectivity index (χ1) is 10.2. The molecule has 0 amide bonds. The minimum atomic E-state index is -1.18. The molecule has 0 saturated carbocycles. The van der Waals surface area contributed by atoms with E-state index < -0.39 is 18.4 Å². The van der Waals surface area contributed by atoms with E-state index in [0.29, 0.717) is 0 Å². The molecule has 0 radical (unpaired) electrons. The number of carbonyl (C=O) groups excluding carboxylic acids is 1. The third kappa shape index (κ3) is 4.45. The summed E-state index contributed by atoms with van der Waals surface area (Å²) in [4.78, 5) is 21.9. The highest BCUT2D eigenvalue weighted by Crippen LogP contribution is 2.24. The standard InChI is InChI=1S/C17H16O4/c18-16(19)11-17(20)21-12-15(13-7-3-1-4-8-13)14-9-5-2-6-10-14/h1-10,15H,11-12H2,(H,18,19). The lowest BCUT2D eigenvalue weighted by Crippen LogP contribution is -2.16. The van der Waals surface area contributed by atoms with Gasteiger partial charge in [0.2, 0.25) is 0 Å². The first kappa shape index (κ1) is 14.8. The van der Waals surface area contributed by atoms with Crippen molar-refractivity contribution in [2.75, 3.05) is 6.61 Å². The van der Waals surface area contributed by atoms with Gasteiger partial charge < -0.3 is 9.84 Å². The van der Waals surface area contributed by atoms with E-state index >= 15 is 0 Å². The van der Waals surface area contributed by atoms with Crippen LogP contribution >= 0.6 is 0 Å². The van der Waals surface area contributed by atoms with Crippen LogP contribution in [0.25, 0.3) is 0 Å². The van der Waals surface area contributed by atoms with E-state index in [1.165, 1.54) is 0 Å². The lowest BCUT2D eigenvalue weighted by Gasteiger charge is -2.18. The van der Waals surface area contributed by atoms with Crippen molar-refractivity contribution in [1.82, 2.24) is 0 Å². The summed E-state index contributed by atoms with van der Waals surface area (Å²) in [7, 11) is 0. The molecular formula is C17H16O4. The van der Waals surface area contributed by atoms with Gasteiger partial charge in [-0.1, -0.05) is 60.7 Å². The molecule has 2 aromatic carbocycles. The summed E-state index contributed by atoms with van der Waals surface area (Å²) in [5, 5.41) is 8.58. The minimum Gasteiger partial charge on any atom is -0.481 e. The number of aliphatic carboxylic acids is 1. The summed E-state index contributed by atoms with van der Waals surface area (Å²) in [6.45, 7) is 0.125. The Hall–Kier alpha value is -2.62. The van der Waals surface area contributed by atoms with E-state index in [-0.39, 0.29) is 12.5 Å². The predicted molar refractivity (Wildman–Crippen MR) is 77.9 cm³/mol. The zero-order valence-electron chi connectivity index (χ0n) is 11.4. The molecule has 4 nitrogen and oxygen atoms in total. The highest BCUT2D eigenvalue weighted by molar-refractivity contribution is 5.90. The molecule has 0 bridgehead atoms. The van der Waals surface area contributed by atoms with E-state index in [9.17, 15) is 9.59 Å². The molecule has 0 aliphatic rings. The topological polar surface area (TPSA) is 63.6 Å². The lowest BCUT2D eigenvalue weighted by molar-refractivity contribution is -0.151. The second-order valence-corrected chi connectivity index (χ2v) is 4.63. The largest absolute Gasteiger partial charge is 0.481 e. The fourth-order valence-electron chi connectivity index (χ4n) is 2.11. The van der Waals surface area contributed by atoms with Gasteiger partial charge >= 0.3 is 11.9 Å². The third-order valence-corrected chi connectivity index (χ3v) is 3.11. The number of rotatable bonds is 6. The monoisotopic (exact) mass is 284 g/mol. The Labute approximate surface area is 123 Å². The molecule has 2 rings (SSSR count). The van der Waals surface area contributed by atoms with Crippen molar-refractivity contribution in [3.63, 3.8) is 0 Å². The molecule has 0 aromatic heterocycles. The molecule has 0 aliphatic heterocycles. The van der Waals surface area contributed by atoms with Gasteiger partial charge in [-0.25, -0.2) is 0 Å². The lowest BCUT2D eigenvalue weighted by atomic mass is 9.92. The number of hydrogen-bond acceptors (Lipinski definition) is 3. The molecule has 4 heteroatoms. The van der Waals surface area contributed by atoms with Crippen LogP contribution in [0.2, 0.25) is 0 Å². The summed E-state index contributed by atoms with van der Waals surface area (Å²) in [5.74, 6) is -2.01. The van der Waals surface area contributed by atoms with Crippen molar-refractivity contribution < 1.29 is 19.4 Å². The second-order valence-electron chi connectivity index (χ2n) is 4.63. The quantitative estimate of drug-likeness (QED) is 0.654. The number of ether oxygens (including phenoxy) is 1. The maximum Gasteiger partial charge on any atom is 0.317 e. The minimum absolute atomic E-state index is 0.106. The average molecular weight is 284 g/mol. The smallest absolute Gasteiger partial charge is 0.317 e. The van der Waals surface area contributed by atoms with Crippen LogP contribution in [0.4, 0.5) is 0 Å². The van der Waals surface area contributed by atoms with Gasteiger partial charge in [-0.2, -0.15) is 0 Å². The Balaban J connectivity index is 2.14. The Morgan fingerprint density at radius 3 is 1.81 bits per heavy atom. The molecule has 1 N–H and O–H groups in total. The van der Waals surface area contributed by atoms with Crippen molar-refractivity contribution in [2.24, 2.45) is 0 Å². The summed E-state index contributed by atoms with van der Waals surface area (Å²) >= 11 is 0. The molecule has 2 aromatic rings. The fraction of sp³-hybridized carbons (Fsp3) is 0.176. The summed E-state index contributed by atoms with van der Waals surface area (Å²) in [5.41, 5.74) is 2.04. The number of benzene rings is 2. The molecule has 21 heavy (non-hydrogen) atoms. The maximum absolute atomic E-state index is 11.4. The molecule has 0 aliphatic carbocycles. The van der Waals surface area contributed by atoms with Gasteiger partial charge in [0.15, 0.2) is 0 Å². The van der Waals surface area contributed by atoms with Gasteiger partial charge in [0, 0.05) is 5.92 Å². The highest BCUT2D eigenvalue weighted by Gasteiger charge is 2.17. The Morgan fingerprint density at radius 1 is 0.905 bits per heavy atom. The average Bonchev–Trinajstić information content (AvgIpc) is 2.49. The number of carboxylic acid groups (broad SMARTS) is 1. The van der Waals surface area contributed by atoms with Gasteiger partial charge in [0.05, 0.1) is 0 Å². The molecule has 0 saturated heterocycles. The molecule has 108 valence electrons. The van der Waals surface area contributed by atoms with Gasteiger partial charge in [0.1, 0.15) is 13.0 Å². The van der Waals surface area contributed by atoms with Crippen LogP contribution in [0, 0.1) is 0 Å². The number of carboxylic acids is 1. The van der Waals surface area contributed by atoms with Gasteiger partial charge in [-0.05, 0) is 11.1 Å². The number of hydrogen-bond donors (Lipinski definition) is 1. The van der Waals surface area contributed by atoms with Crippen molar-refractivity contribution in [3.8, 4) is 0 Å². The second kappa shape index (κ2) is 7.24. The van der Waals surface area contributed by atoms with Crippen LogP contribution in [-0.4, -0.2) is 23.7 Å². The molecule has 0 heterocycles. The van der Waals surface area contributed by atoms with Crippen LogP contribution in [0.3, 0.4) is 0 Å². The molecule has 0 atom stereocenters. The van der Waals surface area contributed by atoms with Crippen molar-refractivity contribution in [2.45, 2.75) is 12.3 Å². The zero-order chi connectivity index (χ0) is 15.1. The van der Waals surface area contributed by atoms with Gasteiger partial charge in [0.25, 0.3) is 0 Å². The van der Waals surface area contributed by atoms with Crippen molar-refractivity contribution in [1.29, 1.82) is 0 Å². The van der Waals surface area contributed by atoms with Crippen LogP contribution in [0.1, 0.15) is 23.5 Å². The normalized spacial score (nSPS) is 10.3. The van der Waals surface area contributed by atoms with Crippen molar-refractivity contribution in [3.05, 3.63) is 71.8 Å². The first-order valence-corrected chi connectivity index (χ1v) is 6.64. The van der Waals surface area contributed by atoms with E-state index in [0.717, 1.165) is 11.1 Å². The SMILES string of the molecule is O=C(O)CC(=O)OCC(c1ccccc1)c1ccccc1. The van der Waals surface area contributed by atoms with Gasteiger partial charge in [-0.15, -0.1) is 0 Å². The van der Waals surface area contributed by atoms with Crippen LogP contribution < -0.4 is 0 Å². The number of carbonyl (C=O) groups is 2. The van der Waals surface area contributed by atoms with Gasteiger partial charge in [-0.3, -0.25) is 9.59 Å². The van der Waals surface area contributed by atoms with E-state index in [4.69, 9.17) is 9.84 Å². The third-order valence-electron chi connectivity index (χ3n) is 3.11. The fourth-order valence-corrected chi connectivity index (χ4v) is 2.11. The van der Waals surface area contributed by atoms with Crippen LogP contribution in [-0.2, 0) is 14.3 Å². The number of esters is 1. The summed E-state index contributed by atoms with van der Waals surface area (Å²) in [6.07, 6.45) is -0.615. The maximum atomic E-state index is 11.4. The van der Waals surface area contributed by atoms with Crippen molar-refractivity contribution >= 4 is 11.9 Å². The molecule has 0 spiro atoms. The Bertz CT molecular complexity index is 553. The zero-order valence-corrected chi connectivity index (χ0v) is 11.4. The first-order valence-electron chi connectivity index (χ1n) is 6.64. The van der Waals surface area contributed by atoms with E-state index in [1.54, 1.807) is 0 Å². The Kier molecular flexibility index (Phi) is 5.10. The molecule has 0 unspecified atom stereocenters. The van der Waals surface area contributed by atoms with E-state index in [2.05, 4.69) is 0 Å². The Morgan fingerprint density at radius 2 is 1.38 bits per heavy atom. The van der Waals surface area contributed by atoms with E-state index in [1.807, 2.05) is 60.7 Å². The molecule has 0 fully saturated rings. The summed E-state index contributed by atoms with van der Waals surface area (Å²) < 4.78 is 5.10. The summed E-state index contributed by atoms with van der Waals surface area (Å²) in [6, 6.07) is 19.4. The van der Waals surface area contributed by atoms with Crippen LogP contribution in [0.15, 0.2) is 60.7 Å².